The molecule has 0 atom stereocenters. The number of benzene rings is 3. The summed E-state index contributed by atoms with van der Waals surface area (Å²) >= 11 is 7.80. The van der Waals surface area contributed by atoms with E-state index in [2.05, 4.69) is 34.2 Å². The number of anilines is 1. The lowest BCUT2D eigenvalue weighted by atomic mass is 10.0. The predicted octanol–water partition coefficient (Wildman–Crippen LogP) is 6.79. The highest BCUT2D eigenvalue weighted by molar-refractivity contribution is 7.22. The van der Waals surface area contributed by atoms with Gasteiger partial charge in [0.2, 0.25) is 5.91 Å². The number of thiazole rings is 1. The Kier molecular flexibility index (Phi) is 6.15. The predicted molar refractivity (Wildman–Crippen MR) is 136 cm³/mol. The summed E-state index contributed by atoms with van der Waals surface area (Å²) in [4.78, 5) is 24.3. The Morgan fingerprint density at radius 2 is 1.61 bits per heavy atom. The molecule has 5 rings (SSSR count). The number of carbonyl (C=O) groups is 1. The van der Waals surface area contributed by atoms with E-state index in [1.807, 2.05) is 66.7 Å². The van der Waals surface area contributed by atoms with Crippen LogP contribution in [0.4, 0.5) is 5.13 Å². The highest BCUT2D eigenvalue weighted by atomic mass is 35.5. The lowest BCUT2D eigenvalue weighted by molar-refractivity contribution is -0.118. The van der Waals surface area contributed by atoms with Crippen molar-refractivity contribution in [2.24, 2.45) is 0 Å². The molecule has 0 N–H and O–H groups in total. The maximum Gasteiger partial charge on any atom is 0.233 e. The van der Waals surface area contributed by atoms with E-state index in [1.54, 1.807) is 11.1 Å². The monoisotopic (exact) mass is 469 g/mol. The normalized spacial score (nSPS) is 10.9. The van der Waals surface area contributed by atoms with Crippen LogP contribution in [0, 0.1) is 0 Å². The fourth-order valence-electron chi connectivity index (χ4n) is 3.65. The zero-order valence-electron chi connectivity index (χ0n) is 17.7. The van der Waals surface area contributed by atoms with E-state index in [0.29, 0.717) is 22.2 Å². The summed E-state index contributed by atoms with van der Waals surface area (Å²) in [7, 11) is 0. The number of aromatic nitrogens is 2. The fourth-order valence-corrected chi connectivity index (χ4v) is 4.93. The van der Waals surface area contributed by atoms with Crippen LogP contribution < -0.4 is 4.90 Å². The van der Waals surface area contributed by atoms with Gasteiger partial charge in [-0.1, -0.05) is 89.7 Å². The molecule has 4 nitrogen and oxygen atoms in total. The molecule has 0 saturated carbocycles. The Balaban J connectivity index is 1.43. The van der Waals surface area contributed by atoms with Crippen molar-refractivity contribution < 1.29 is 4.79 Å². The zero-order valence-corrected chi connectivity index (χ0v) is 19.3. The van der Waals surface area contributed by atoms with Crippen LogP contribution in [0.25, 0.3) is 21.3 Å². The smallest absolute Gasteiger partial charge is 0.233 e. The minimum atomic E-state index is -0.0386. The number of rotatable bonds is 6. The molecule has 0 aliphatic carbocycles. The van der Waals surface area contributed by atoms with Gasteiger partial charge in [0.1, 0.15) is 5.52 Å². The van der Waals surface area contributed by atoms with E-state index in [9.17, 15) is 4.79 Å². The third-order valence-corrected chi connectivity index (χ3v) is 6.70. The molecule has 33 heavy (non-hydrogen) atoms. The molecule has 0 unspecified atom stereocenters. The number of para-hydroxylation sites is 1. The molecule has 162 valence electrons. The molecule has 2 aromatic heterocycles. The van der Waals surface area contributed by atoms with E-state index >= 15 is 0 Å². The van der Waals surface area contributed by atoms with Crippen molar-refractivity contribution in [2.75, 3.05) is 4.90 Å². The first-order chi connectivity index (χ1) is 16.2. The van der Waals surface area contributed by atoms with Crippen LogP contribution >= 0.6 is 22.9 Å². The van der Waals surface area contributed by atoms with E-state index < -0.39 is 0 Å². The maximum atomic E-state index is 13.5. The number of amides is 1. The van der Waals surface area contributed by atoms with Crippen molar-refractivity contribution in [3.8, 4) is 11.1 Å². The molecular weight excluding hydrogens is 450 g/mol. The molecule has 0 aliphatic rings. The first kappa shape index (κ1) is 21.3. The van der Waals surface area contributed by atoms with Crippen LogP contribution in [-0.2, 0) is 17.8 Å². The van der Waals surface area contributed by atoms with E-state index in [0.717, 1.165) is 27.1 Å². The Morgan fingerprint density at radius 1 is 0.848 bits per heavy atom. The largest absolute Gasteiger partial charge is 0.282 e. The maximum absolute atomic E-state index is 13.5. The average molecular weight is 470 g/mol. The van der Waals surface area contributed by atoms with Crippen LogP contribution in [-0.4, -0.2) is 15.9 Å². The van der Waals surface area contributed by atoms with Gasteiger partial charge in [-0.3, -0.25) is 14.7 Å². The van der Waals surface area contributed by atoms with Crippen molar-refractivity contribution >= 4 is 44.2 Å². The van der Waals surface area contributed by atoms with Gasteiger partial charge in [-0.2, -0.15) is 0 Å². The van der Waals surface area contributed by atoms with E-state index in [1.165, 1.54) is 11.3 Å². The lowest BCUT2D eigenvalue weighted by Gasteiger charge is -2.19. The van der Waals surface area contributed by atoms with E-state index in [-0.39, 0.29) is 12.3 Å². The van der Waals surface area contributed by atoms with Gasteiger partial charge in [0.05, 0.1) is 28.4 Å². The first-order valence-electron chi connectivity index (χ1n) is 10.6. The van der Waals surface area contributed by atoms with Gasteiger partial charge >= 0.3 is 0 Å². The quantitative estimate of drug-likeness (QED) is 0.275. The number of carbonyl (C=O) groups excluding carboxylic acids is 1. The van der Waals surface area contributed by atoms with Gasteiger partial charge in [0.15, 0.2) is 5.13 Å². The molecule has 0 saturated heterocycles. The second-order valence-electron chi connectivity index (χ2n) is 7.62. The van der Waals surface area contributed by atoms with Crippen molar-refractivity contribution in [1.82, 2.24) is 9.97 Å². The van der Waals surface area contributed by atoms with Gasteiger partial charge in [-0.25, -0.2) is 4.98 Å². The van der Waals surface area contributed by atoms with Gasteiger partial charge in [-0.05, 0) is 41.0 Å². The van der Waals surface area contributed by atoms with Crippen LogP contribution in [0.2, 0.25) is 5.02 Å². The summed E-state index contributed by atoms with van der Waals surface area (Å²) in [5.41, 5.74) is 4.74. The SMILES string of the molecule is O=C(Cc1ccc(-c2ccccc2)cc1)N(Cc1ccccn1)c1nc2c(Cl)cccc2s1. The van der Waals surface area contributed by atoms with E-state index in [4.69, 9.17) is 11.6 Å². The second kappa shape index (κ2) is 9.53. The second-order valence-corrected chi connectivity index (χ2v) is 9.04. The highest BCUT2D eigenvalue weighted by Crippen LogP contribution is 2.33. The zero-order chi connectivity index (χ0) is 22.6. The molecule has 0 radical (unpaired) electrons. The van der Waals surface area contributed by atoms with Crippen LogP contribution in [0.3, 0.4) is 0 Å². The minimum absolute atomic E-state index is 0.0386. The standard InChI is InChI=1S/C27H20ClN3OS/c28-23-10-6-11-24-26(23)30-27(33-24)31(18-22-9-4-5-16-29-22)25(32)17-19-12-14-21(15-13-19)20-7-2-1-3-8-20/h1-16H,17-18H2. The molecule has 0 aliphatic heterocycles. The van der Waals surface area contributed by atoms with Gasteiger partial charge in [0, 0.05) is 6.20 Å². The number of fused-ring (bicyclic) bond motifs is 1. The van der Waals surface area contributed by atoms with Crippen molar-refractivity contribution in [3.63, 3.8) is 0 Å². The van der Waals surface area contributed by atoms with Gasteiger partial charge in [-0.15, -0.1) is 0 Å². The summed E-state index contributed by atoms with van der Waals surface area (Å²) < 4.78 is 0.948. The number of hydrogen-bond donors (Lipinski definition) is 0. The molecule has 1 amide bonds. The first-order valence-corrected chi connectivity index (χ1v) is 11.8. The van der Waals surface area contributed by atoms with Gasteiger partial charge in [0.25, 0.3) is 0 Å². The molecule has 3 aromatic carbocycles. The van der Waals surface area contributed by atoms with Crippen LogP contribution in [0.5, 0.6) is 0 Å². The van der Waals surface area contributed by atoms with Crippen molar-refractivity contribution in [1.29, 1.82) is 0 Å². The summed E-state index contributed by atoms with van der Waals surface area (Å²) in [6, 6.07) is 29.7. The Morgan fingerprint density at radius 3 is 2.33 bits per heavy atom. The summed E-state index contributed by atoms with van der Waals surface area (Å²) in [6.45, 7) is 0.346. The number of pyridine rings is 1. The highest BCUT2D eigenvalue weighted by Gasteiger charge is 2.21. The molecule has 0 fully saturated rings. The molecule has 0 bridgehead atoms. The Labute approximate surface area is 201 Å². The van der Waals surface area contributed by atoms with Crippen molar-refractivity contribution in [3.05, 3.63) is 113 Å². The average Bonchev–Trinajstić information content (AvgIpc) is 3.29. The summed E-state index contributed by atoms with van der Waals surface area (Å²) in [6.07, 6.45) is 2.00. The molecular formula is C27H20ClN3OS. The summed E-state index contributed by atoms with van der Waals surface area (Å²) in [5, 5.41) is 1.20. The minimum Gasteiger partial charge on any atom is -0.282 e. The van der Waals surface area contributed by atoms with Crippen molar-refractivity contribution in [2.45, 2.75) is 13.0 Å². The number of hydrogen-bond acceptors (Lipinski definition) is 4. The Bertz CT molecular complexity index is 1390. The number of nitrogens with zero attached hydrogens (tertiary/aromatic N) is 3. The lowest BCUT2D eigenvalue weighted by Crippen LogP contribution is -2.32. The molecule has 0 spiro atoms. The van der Waals surface area contributed by atoms with Gasteiger partial charge < -0.3 is 0 Å². The molecule has 2 heterocycles. The third-order valence-electron chi connectivity index (χ3n) is 5.35. The fraction of sp³-hybridized carbons (Fsp3) is 0.0741. The third kappa shape index (κ3) is 4.80. The van der Waals surface area contributed by atoms with Crippen LogP contribution in [0.15, 0.2) is 97.2 Å². The van der Waals surface area contributed by atoms with Crippen LogP contribution in [0.1, 0.15) is 11.3 Å². The topological polar surface area (TPSA) is 46.1 Å². The Hall–Kier alpha value is -3.54. The molecule has 5 aromatic rings. The summed E-state index contributed by atoms with van der Waals surface area (Å²) in [5.74, 6) is -0.0386. The number of halogens is 1. The molecule has 6 heteroatoms.